The first-order chi connectivity index (χ1) is 8.49. The smallest absolute Gasteiger partial charge is 0.221 e. The zero-order valence-electron chi connectivity index (χ0n) is 11.2. The van der Waals surface area contributed by atoms with E-state index in [1.54, 1.807) is 12.1 Å². The highest BCUT2D eigenvalue weighted by Gasteiger charge is 2.07. The third-order valence-electron chi connectivity index (χ3n) is 2.51. The summed E-state index contributed by atoms with van der Waals surface area (Å²) in [6.07, 6.45) is -0.518. The lowest BCUT2D eigenvalue weighted by Gasteiger charge is -2.14. The molecule has 1 aromatic carbocycles. The third-order valence-corrected chi connectivity index (χ3v) is 2.51. The number of anilines is 1. The number of benzene rings is 1. The molecule has 1 aromatic rings. The monoisotopic (exact) mass is 250 g/mol. The van der Waals surface area contributed by atoms with Crippen molar-refractivity contribution in [1.29, 1.82) is 0 Å². The first-order valence-electron chi connectivity index (χ1n) is 6.25. The van der Waals surface area contributed by atoms with E-state index in [9.17, 15) is 9.90 Å². The molecule has 100 valence electrons. The van der Waals surface area contributed by atoms with Crippen molar-refractivity contribution in [2.45, 2.75) is 26.9 Å². The predicted octanol–water partition coefficient (Wildman–Crippen LogP) is 1.92. The highest BCUT2D eigenvalue weighted by molar-refractivity contribution is 5.88. The Bertz CT molecular complexity index is 374. The molecule has 0 fully saturated rings. The van der Waals surface area contributed by atoms with Gasteiger partial charge in [-0.05, 0) is 30.2 Å². The van der Waals surface area contributed by atoms with Gasteiger partial charge < -0.3 is 15.7 Å². The van der Waals surface area contributed by atoms with E-state index in [0.717, 1.165) is 17.8 Å². The van der Waals surface area contributed by atoms with Gasteiger partial charge in [0, 0.05) is 19.2 Å². The van der Waals surface area contributed by atoms with Gasteiger partial charge in [-0.25, -0.2) is 0 Å². The fourth-order valence-corrected chi connectivity index (χ4v) is 1.62. The van der Waals surface area contributed by atoms with Crippen LogP contribution in [0.25, 0.3) is 0 Å². The maximum absolute atomic E-state index is 10.9. The molecule has 4 heteroatoms. The molecule has 1 unspecified atom stereocenters. The van der Waals surface area contributed by atoms with Gasteiger partial charge in [0.25, 0.3) is 0 Å². The summed E-state index contributed by atoms with van der Waals surface area (Å²) in [7, 11) is 0. The van der Waals surface area contributed by atoms with Crippen molar-refractivity contribution in [3.63, 3.8) is 0 Å². The summed E-state index contributed by atoms with van der Waals surface area (Å²) >= 11 is 0. The Morgan fingerprint density at radius 3 is 2.33 bits per heavy atom. The summed E-state index contributed by atoms with van der Waals surface area (Å²) in [5.74, 6) is 0.473. The fraction of sp³-hybridized carbons (Fsp3) is 0.500. The maximum Gasteiger partial charge on any atom is 0.221 e. The molecule has 1 atom stereocenters. The van der Waals surface area contributed by atoms with Gasteiger partial charge in [0.15, 0.2) is 0 Å². The average Bonchev–Trinajstić information content (AvgIpc) is 2.28. The van der Waals surface area contributed by atoms with E-state index in [-0.39, 0.29) is 5.91 Å². The Balaban J connectivity index is 2.48. The third kappa shape index (κ3) is 5.29. The van der Waals surface area contributed by atoms with Crippen LogP contribution in [-0.4, -0.2) is 24.1 Å². The lowest BCUT2D eigenvalue weighted by atomic mass is 10.1. The second kappa shape index (κ2) is 7.13. The van der Waals surface area contributed by atoms with Crippen LogP contribution < -0.4 is 10.6 Å². The molecule has 18 heavy (non-hydrogen) atoms. The number of hydrogen-bond donors (Lipinski definition) is 3. The molecule has 1 amide bonds. The van der Waals surface area contributed by atoms with Crippen molar-refractivity contribution < 1.29 is 9.90 Å². The lowest BCUT2D eigenvalue weighted by molar-refractivity contribution is -0.114. The molecule has 0 saturated heterocycles. The SMILES string of the molecule is CC(=O)Nc1ccc(C(O)CNCC(C)C)cc1. The first-order valence-corrected chi connectivity index (χ1v) is 6.25. The number of aliphatic hydroxyl groups is 1. The van der Waals surface area contributed by atoms with Crippen LogP contribution in [0, 0.1) is 5.92 Å². The van der Waals surface area contributed by atoms with Gasteiger partial charge >= 0.3 is 0 Å². The molecule has 0 spiro atoms. The fourth-order valence-electron chi connectivity index (χ4n) is 1.62. The van der Waals surface area contributed by atoms with Gasteiger partial charge in [0.2, 0.25) is 5.91 Å². The molecule has 0 aliphatic carbocycles. The molecule has 3 N–H and O–H groups in total. The van der Waals surface area contributed by atoms with Gasteiger partial charge in [-0.1, -0.05) is 26.0 Å². The van der Waals surface area contributed by atoms with Crippen LogP contribution in [0.4, 0.5) is 5.69 Å². The number of carbonyl (C=O) groups excluding carboxylic acids is 1. The molecule has 0 aliphatic rings. The Kier molecular flexibility index (Phi) is 5.82. The van der Waals surface area contributed by atoms with Crippen molar-refractivity contribution in [3.05, 3.63) is 29.8 Å². The quantitative estimate of drug-likeness (QED) is 0.723. The van der Waals surface area contributed by atoms with Gasteiger partial charge in [-0.3, -0.25) is 4.79 Å². The zero-order chi connectivity index (χ0) is 13.5. The Labute approximate surface area is 108 Å². The van der Waals surface area contributed by atoms with Crippen molar-refractivity contribution >= 4 is 11.6 Å². The molecular weight excluding hydrogens is 228 g/mol. The number of amides is 1. The van der Waals surface area contributed by atoms with E-state index in [2.05, 4.69) is 24.5 Å². The molecule has 1 rings (SSSR count). The highest BCUT2D eigenvalue weighted by atomic mass is 16.3. The van der Waals surface area contributed by atoms with Gasteiger partial charge in [0.05, 0.1) is 6.10 Å². The molecule has 4 nitrogen and oxygen atoms in total. The standard InChI is InChI=1S/C14H22N2O2/c1-10(2)8-15-9-14(18)12-4-6-13(7-5-12)16-11(3)17/h4-7,10,14-15,18H,8-9H2,1-3H3,(H,16,17). The molecule has 0 saturated carbocycles. The number of hydrogen-bond acceptors (Lipinski definition) is 3. The van der Waals surface area contributed by atoms with Gasteiger partial charge in [-0.2, -0.15) is 0 Å². The Morgan fingerprint density at radius 1 is 1.22 bits per heavy atom. The minimum absolute atomic E-state index is 0.0955. The van der Waals surface area contributed by atoms with Gasteiger partial charge in [-0.15, -0.1) is 0 Å². The van der Waals surface area contributed by atoms with Crippen molar-refractivity contribution in [3.8, 4) is 0 Å². The van der Waals surface area contributed by atoms with Crippen LogP contribution in [0.1, 0.15) is 32.4 Å². The summed E-state index contributed by atoms with van der Waals surface area (Å²) < 4.78 is 0. The molecule has 0 aliphatic heterocycles. The number of rotatable bonds is 6. The molecule has 0 heterocycles. The van der Waals surface area contributed by atoms with Crippen LogP contribution in [-0.2, 0) is 4.79 Å². The van der Waals surface area contributed by atoms with E-state index in [1.165, 1.54) is 6.92 Å². The molecule has 0 radical (unpaired) electrons. The molecule has 0 bridgehead atoms. The largest absolute Gasteiger partial charge is 0.387 e. The molecular formula is C14H22N2O2. The predicted molar refractivity (Wildman–Crippen MR) is 73.4 cm³/mol. The lowest BCUT2D eigenvalue weighted by Crippen LogP contribution is -2.25. The highest BCUT2D eigenvalue weighted by Crippen LogP contribution is 2.15. The Hall–Kier alpha value is -1.39. The Morgan fingerprint density at radius 2 is 1.83 bits per heavy atom. The second-order valence-corrected chi connectivity index (χ2v) is 4.87. The molecule has 0 aromatic heterocycles. The summed E-state index contributed by atoms with van der Waals surface area (Å²) in [6.45, 7) is 7.15. The maximum atomic E-state index is 10.9. The second-order valence-electron chi connectivity index (χ2n) is 4.87. The van der Waals surface area contributed by atoms with Crippen molar-refractivity contribution in [2.75, 3.05) is 18.4 Å². The van der Waals surface area contributed by atoms with Crippen molar-refractivity contribution in [1.82, 2.24) is 5.32 Å². The summed E-state index contributed by atoms with van der Waals surface area (Å²) in [4.78, 5) is 10.9. The normalized spacial score (nSPS) is 12.5. The van der Waals surface area contributed by atoms with Crippen LogP contribution >= 0.6 is 0 Å². The van der Waals surface area contributed by atoms with Crippen LogP contribution in [0.5, 0.6) is 0 Å². The zero-order valence-corrected chi connectivity index (χ0v) is 11.2. The number of carbonyl (C=O) groups is 1. The average molecular weight is 250 g/mol. The van der Waals surface area contributed by atoms with Crippen LogP contribution in [0.3, 0.4) is 0 Å². The minimum atomic E-state index is -0.518. The number of aliphatic hydroxyl groups excluding tert-OH is 1. The first kappa shape index (κ1) is 14.7. The van der Waals surface area contributed by atoms with Crippen LogP contribution in [0.15, 0.2) is 24.3 Å². The van der Waals surface area contributed by atoms with E-state index >= 15 is 0 Å². The summed E-state index contributed by atoms with van der Waals surface area (Å²) in [6, 6.07) is 7.24. The number of nitrogens with one attached hydrogen (secondary N) is 2. The van der Waals surface area contributed by atoms with E-state index < -0.39 is 6.10 Å². The van der Waals surface area contributed by atoms with E-state index in [1.807, 2.05) is 12.1 Å². The minimum Gasteiger partial charge on any atom is -0.387 e. The van der Waals surface area contributed by atoms with E-state index in [4.69, 9.17) is 0 Å². The summed E-state index contributed by atoms with van der Waals surface area (Å²) in [5, 5.41) is 15.9. The van der Waals surface area contributed by atoms with Gasteiger partial charge in [0.1, 0.15) is 0 Å². The van der Waals surface area contributed by atoms with Crippen LogP contribution in [0.2, 0.25) is 0 Å². The van der Waals surface area contributed by atoms with E-state index in [0.29, 0.717) is 12.5 Å². The topological polar surface area (TPSA) is 61.4 Å². The summed E-state index contributed by atoms with van der Waals surface area (Å²) in [5.41, 5.74) is 1.59. The van der Waals surface area contributed by atoms with Crippen molar-refractivity contribution in [2.24, 2.45) is 5.92 Å².